The fraction of sp³-hybridized carbons (Fsp3) is 0.353. The molecule has 112 valence electrons. The predicted octanol–water partition coefficient (Wildman–Crippen LogP) is 2.79. The van der Waals surface area contributed by atoms with Gasteiger partial charge in [0, 0.05) is 6.20 Å². The SMILES string of the molecule is O=C1c2ccccc2C(=O)N1Cc1ccn(C2CCCC2)n1. The summed E-state index contributed by atoms with van der Waals surface area (Å²) in [5, 5.41) is 4.56. The predicted molar refractivity (Wildman–Crippen MR) is 80.4 cm³/mol. The number of amides is 2. The van der Waals surface area contributed by atoms with E-state index >= 15 is 0 Å². The summed E-state index contributed by atoms with van der Waals surface area (Å²) in [7, 11) is 0. The highest BCUT2D eigenvalue weighted by Gasteiger charge is 2.35. The molecule has 0 saturated heterocycles. The van der Waals surface area contributed by atoms with Gasteiger partial charge in [-0.05, 0) is 31.0 Å². The zero-order valence-electron chi connectivity index (χ0n) is 12.2. The van der Waals surface area contributed by atoms with Gasteiger partial charge in [-0.1, -0.05) is 25.0 Å². The van der Waals surface area contributed by atoms with Crippen LogP contribution in [-0.2, 0) is 6.54 Å². The third-order valence-corrected chi connectivity index (χ3v) is 4.56. The highest BCUT2D eigenvalue weighted by atomic mass is 16.2. The zero-order chi connectivity index (χ0) is 15.1. The number of rotatable bonds is 3. The molecule has 0 atom stereocenters. The minimum absolute atomic E-state index is 0.226. The Kier molecular flexibility index (Phi) is 3.06. The Hall–Kier alpha value is -2.43. The number of nitrogens with zero attached hydrogens (tertiary/aromatic N) is 3. The second kappa shape index (κ2) is 5.09. The van der Waals surface area contributed by atoms with E-state index < -0.39 is 0 Å². The van der Waals surface area contributed by atoms with Gasteiger partial charge in [0.2, 0.25) is 0 Å². The summed E-state index contributed by atoms with van der Waals surface area (Å²) in [5.41, 5.74) is 1.74. The van der Waals surface area contributed by atoms with E-state index in [0.717, 1.165) is 18.5 Å². The lowest BCUT2D eigenvalue weighted by Crippen LogP contribution is -2.29. The molecule has 1 aromatic carbocycles. The number of fused-ring (bicyclic) bond motifs is 1. The summed E-state index contributed by atoms with van der Waals surface area (Å²) in [6.45, 7) is 0.242. The van der Waals surface area contributed by atoms with E-state index in [0.29, 0.717) is 17.2 Å². The van der Waals surface area contributed by atoms with Gasteiger partial charge in [0.05, 0.1) is 29.4 Å². The fourth-order valence-electron chi connectivity index (χ4n) is 3.38. The lowest BCUT2D eigenvalue weighted by molar-refractivity contribution is 0.0640. The van der Waals surface area contributed by atoms with Crippen LogP contribution in [0.5, 0.6) is 0 Å². The molecule has 2 aromatic rings. The molecule has 0 unspecified atom stereocenters. The van der Waals surface area contributed by atoms with Crippen molar-refractivity contribution in [3.63, 3.8) is 0 Å². The molecule has 2 amide bonds. The first-order chi connectivity index (χ1) is 10.7. The standard InChI is InChI=1S/C17H17N3O2/c21-16-14-7-3-4-8-15(14)17(22)19(16)11-12-9-10-20(18-12)13-5-1-2-6-13/h3-4,7-10,13H,1-2,5-6,11H2. The average molecular weight is 295 g/mol. The Morgan fingerprint density at radius 2 is 1.64 bits per heavy atom. The first-order valence-electron chi connectivity index (χ1n) is 7.73. The number of aromatic nitrogens is 2. The van der Waals surface area contributed by atoms with Gasteiger partial charge < -0.3 is 0 Å². The highest BCUT2D eigenvalue weighted by molar-refractivity contribution is 6.21. The molecule has 2 aliphatic rings. The van der Waals surface area contributed by atoms with Crippen molar-refractivity contribution in [3.8, 4) is 0 Å². The molecule has 0 bridgehead atoms. The van der Waals surface area contributed by atoms with Gasteiger partial charge in [-0.2, -0.15) is 5.10 Å². The van der Waals surface area contributed by atoms with E-state index in [1.165, 1.54) is 17.7 Å². The van der Waals surface area contributed by atoms with Crippen molar-refractivity contribution in [1.82, 2.24) is 14.7 Å². The van der Waals surface area contributed by atoms with Gasteiger partial charge >= 0.3 is 0 Å². The molecular weight excluding hydrogens is 278 g/mol. The molecule has 0 N–H and O–H groups in total. The number of carbonyl (C=O) groups excluding carboxylic acids is 2. The van der Waals surface area contributed by atoms with Gasteiger partial charge in [-0.15, -0.1) is 0 Å². The van der Waals surface area contributed by atoms with Crippen LogP contribution < -0.4 is 0 Å². The molecule has 2 heterocycles. The quantitative estimate of drug-likeness (QED) is 0.818. The lowest BCUT2D eigenvalue weighted by Gasteiger charge is -2.12. The third-order valence-electron chi connectivity index (χ3n) is 4.56. The molecule has 1 fully saturated rings. The molecule has 5 heteroatoms. The van der Waals surface area contributed by atoms with Gasteiger partial charge in [-0.25, -0.2) is 0 Å². The lowest BCUT2D eigenvalue weighted by atomic mass is 10.1. The molecule has 0 spiro atoms. The monoisotopic (exact) mass is 295 g/mol. The molecule has 1 aromatic heterocycles. The van der Waals surface area contributed by atoms with E-state index in [4.69, 9.17) is 0 Å². The van der Waals surface area contributed by atoms with Crippen LogP contribution in [0.15, 0.2) is 36.5 Å². The van der Waals surface area contributed by atoms with Gasteiger partial charge in [0.1, 0.15) is 0 Å². The minimum Gasteiger partial charge on any atom is -0.269 e. The van der Waals surface area contributed by atoms with Crippen LogP contribution >= 0.6 is 0 Å². The first kappa shape index (κ1) is 13.2. The maximum Gasteiger partial charge on any atom is 0.261 e. The largest absolute Gasteiger partial charge is 0.269 e. The van der Waals surface area contributed by atoms with Crippen LogP contribution in [0.1, 0.15) is 58.1 Å². The minimum atomic E-state index is -0.226. The second-order valence-electron chi connectivity index (χ2n) is 5.97. The summed E-state index contributed by atoms with van der Waals surface area (Å²) < 4.78 is 1.99. The van der Waals surface area contributed by atoms with Crippen molar-refractivity contribution in [1.29, 1.82) is 0 Å². The summed E-state index contributed by atoms with van der Waals surface area (Å²) in [6.07, 6.45) is 6.78. The molecule has 1 aliphatic carbocycles. The number of benzene rings is 1. The van der Waals surface area contributed by atoms with E-state index in [-0.39, 0.29) is 18.4 Å². The van der Waals surface area contributed by atoms with E-state index in [1.807, 2.05) is 16.9 Å². The van der Waals surface area contributed by atoms with Gasteiger partial charge in [0.15, 0.2) is 0 Å². The Morgan fingerprint density at radius 1 is 1.00 bits per heavy atom. The Labute approximate surface area is 128 Å². The van der Waals surface area contributed by atoms with E-state index in [2.05, 4.69) is 5.10 Å². The van der Waals surface area contributed by atoms with Gasteiger partial charge in [0.25, 0.3) is 11.8 Å². The van der Waals surface area contributed by atoms with Gasteiger partial charge in [-0.3, -0.25) is 19.2 Å². The van der Waals surface area contributed by atoms with Crippen LogP contribution in [0.4, 0.5) is 0 Å². The van der Waals surface area contributed by atoms with Crippen LogP contribution in [0.3, 0.4) is 0 Å². The molecule has 5 nitrogen and oxygen atoms in total. The second-order valence-corrected chi connectivity index (χ2v) is 5.97. The van der Waals surface area contributed by atoms with Crippen molar-refractivity contribution in [2.45, 2.75) is 38.3 Å². The van der Waals surface area contributed by atoms with E-state index in [1.54, 1.807) is 24.3 Å². The van der Waals surface area contributed by atoms with Crippen molar-refractivity contribution in [2.75, 3.05) is 0 Å². The number of hydrogen-bond acceptors (Lipinski definition) is 3. The van der Waals surface area contributed by atoms with Crippen molar-refractivity contribution < 1.29 is 9.59 Å². The molecule has 22 heavy (non-hydrogen) atoms. The highest BCUT2D eigenvalue weighted by Crippen LogP contribution is 2.29. The van der Waals surface area contributed by atoms with Crippen LogP contribution in [-0.4, -0.2) is 26.5 Å². The van der Waals surface area contributed by atoms with Crippen molar-refractivity contribution in [3.05, 3.63) is 53.3 Å². The molecule has 1 aliphatic heterocycles. The smallest absolute Gasteiger partial charge is 0.261 e. The average Bonchev–Trinajstić information content (AvgIpc) is 3.25. The maximum atomic E-state index is 12.3. The van der Waals surface area contributed by atoms with Crippen molar-refractivity contribution >= 4 is 11.8 Å². The molecule has 0 radical (unpaired) electrons. The summed E-state index contributed by atoms with van der Waals surface area (Å²) in [4.78, 5) is 26.0. The topological polar surface area (TPSA) is 55.2 Å². The summed E-state index contributed by atoms with van der Waals surface area (Å²) in [5.74, 6) is -0.452. The summed E-state index contributed by atoms with van der Waals surface area (Å²) >= 11 is 0. The Balaban J connectivity index is 1.55. The Bertz CT molecular complexity index is 709. The maximum absolute atomic E-state index is 12.3. The van der Waals surface area contributed by atoms with E-state index in [9.17, 15) is 9.59 Å². The van der Waals surface area contributed by atoms with Crippen LogP contribution in [0.2, 0.25) is 0 Å². The summed E-state index contributed by atoms with van der Waals surface area (Å²) in [6, 6.07) is 9.34. The molecule has 4 rings (SSSR count). The fourth-order valence-corrected chi connectivity index (χ4v) is 3.38. The van der Waals surface area contributed by atoms with Crippen LogP contribution in [0, 0.1) is 0 Å². The third kappa shape index (κ3) is 2.04. The molecular formula is C17H17N3O2. The van der Waals surface area contributed by atoms with Crippen LogP contribution in [0.25, 0.3) is 0 Å². The zero-order valence-corrected chi connectivity index (χ0v) is 12.2. The first-order valence-corrected chi connectivity index (χ1v) is 7.73. The molecule has 1 saturated carbocycles. The number of carbonyl (C=O) groups is 2. The Morgan fingerprint density at radius 3 is 2.27 bits per heavy atom. The normalized spacial score (nSPS) is 18.3. The number of hydrogen-bond donors (Lipinski definition) is 0. The number of imide groups is 1. The van der Waals surface area contributed by atoms with Crippen molar-refractivity contribution in [2.24, 2.45) is 0 Å².